The Morgan fingerprint density at radius 3 is 2.90 bits per heavy atom. The summed E-state index contributed by atoms with van der Waals surface area (Å²) in [6.07, 6.45) is 2.45. The Morgan fingerprint density at radius 2 is 2.05 bits per heavy atom. The molecule has 0 aromatic heterocycles. The van der Waals surface area contributed by atoms with Crippen molar-refractivity contribution in [2.75, 3.05) is 5.73 Å². The average Bonchev–Trinajstić information content (AvgIpc) is 2.50. The van der Waals surface area contributed by atoms with E-state index in [-0.39, 0.29) is 17.4 Å². The molecule has 0 bridgehead atoms. The molecule has 2 N–H and O–H groups in total. The van der Waals surface area contributed by atoms with Gasteiger partial charge in [0.15, 0.2) is 0 Å². The zero-order valence-electron chi connectivity index (χ0n) is 11.5. The van der Waals surface area contributed by atoms with Crippen LogP contribution in [0.15, 0.2) is 42.5 Å². The van der Waals surface area contributed by atoms with Crippen LogP contribution in [0.3, 0.4) is 0 Å². The van der Waals surface area contributed by atoms with Crippen LogP contribution < -0.4 is 5.73 Å². The number of benzene rings is 2. The Kier molecular flexibility index (Phi) is 3.60. The standard InChI is InChI=1S/C17H16FNO2/c18-12-8-9-15(19)14(10-12)17(20)21-16-7-3-5-11-4-1-2-6-13(11)16/h1-2,4,6,8-10,16H,3,5,7,19H2. The monoisotopic (exact) mass is 285 g/mol. The molecule has 1 unspecified atom stereocenters. The minimum Gasteiger partial charge on any atom is -0.454 e. The number of carbonyl (C=O) groups is 1. The van der Waals surface area contributed by atoms with Crippen molar-refractivity contribution in [1.82, 2.24) is 0 Å². The van der Waals surface area contributed by atoms with E-state index in [0.29, 0.717) is 0 Å². The first-order chi connectivity index (χ1) is 10.1. The molecule has 0 aliphatic heterocycles. The van der Waals surface area contributed by atoms with Gasteiger partial charge in [0.1, 0.15) is 11.9 Å². The molecule has 4 heteroatoms. The van der Waals surface area contributed by atoms with Gasteiger partial charge >= 0.3 is 5.97 Å². The average molecular weight is 285 g/mol. The number of carbonyl (C=O) groups excluding carboxylic acids is 1. The number of hydrogen-bond acceptors (Lipinski definition) is 3. The van der Waals surface area contributed by atoms with E-state index in [0.717, 1.165) is 30.9 Å². The second kappa shape index (κ2) is 5.56. The Labute approximate surface area is 122 Å². The van der Waals surface area contributed by atoms with Crippen LogP contribution in [0.2, 0.25) is 0 Å². The van der Waals surface area contributed by atoms with Crippen molar-refractivity contribution in [1.29, 1.82) is 0 Å². The molecule has 0 saturated heterocycles. The van der Waals surface area contributed by atoms with Crippen molar-refractivity contribution in [2.24, 2.45) is 0 Å². The molecule has 108 valence electrons. The summed E-state index contributed by atoms with van der Waals surface area (Å²) in [6.45, 7) is 0. The fourth-order valence-electron chi connectivity index (χ4n) is 2.73. The third-order valence-corrected chi connectivity index (χ3v) is 3.80. The van der Waals surface area contributed by atoms with E-state index in [9.17, 15) is 9.18 Å². The lowest BCUT2D eigenvalue weighted by atomic mass is 9.89. The van der Waals surface area contributed by atoms with E-state index >= 15 is 0 Å². The molecular formula is C17H16FNO2. The van der Waals surface area contributed by atoms with Gasteiger partial charge < -0.3 is 10.5 Å². The van der Waals surface area contributed by atoms with Crippen molar-refractivity contribution in [3.63, 3.8) is 0 Å². The van der Waals surface area contributed by atoms with Crippen molar-refractivity contribution >= 4 is 11.7 Å². The number of anilines is 1. The number of nitrogen functional groups attached to an aromatic ring is 1. The Hall–Kier alpha value is -2.36. The lowest BCUT2D eigenvalue weighted by Gasteiger charge is -2.25. The topological polar surface area (TPSA) is 52.3 Å². The normalized spacial score (nSPS) is 17.1. The van der Waals surface area contributed by atoms with Crippen LogP contribution in [-0.2, 0) is 11.2 Å². The molecule has 0 radical (unpaired) electrons. The SMILES string of the molecule is Nc1ccc(F)cc1C(=O)OC1CCCc2ccccc21. The smallest absolute Gasteiger partial charge is 0.340 e. The number of rotatable bonds is 2. The van der Waals surface area contributed by atoms with E-state index in [4.69, 9.17) is 10.5 Å². The highest BCUT2D eigenvalue weighted by atomic mass is 19.1. The molecule has 21 heavy (non-hydrogen) atoms. The van der Waals surface area contributed by atoms with Gasteiger partial charge in [0, 0.05) is 5.69 Å². The van der Waals surface area contributed by atoms with Gasteiger partial charge in [-0.15, -0.1) is 0 Å². The van der Waals surface area contributed by atoms with Crippen LogP contribution >= 0.6 is 0 Å². The van der Waals surface area contributed by atoms with E-state index in [1.165, 1.54) is 17.7 Å². The third-order valence-electron chi connectivity index (χ3n) is 3.80. The molecule has 1 aliphatic carbocycles. The molecule has 3 nitrogen and oxygen atoms in total. The predicted molar refractivity (Wildman–Crippen MR) is 78.3 cm³/mol. The molecule has 0 amide bonds. The highest BCUT2D eigenvalue weighted by Gasteiger charge is 2.24. The fraction of sp³-hybridized carbons (Fsp3) is 0.235. The summed E-state index contributed by atoms with van der Waals surface area (Å²) >= 11 is 0. The molecular weight excluding hydrogens is 269 g/mol. The summed E-state index contributed by atoms with van der Waals surface area (Å²) in [4.78, 5) is 12.2. The maximum Gasteiger partial charge on any atom is 0.340 e. The predicted octanol–water partition coefficient (Wildman–Crippen LogP) is 3.64. The zero-order chi connectivity index (χ0) is 14.8. The van der Waals surface area contributed by atoms with Crippen LogP contribution in [0.5, 0.6) is 0 Å². The summed E-state index contributed by atoms with van der Waals surface area (Å²) in [5.41, 5.74) is 8.27. The van der Waals surface area contributed by atoms with Gasteiger partial charge in [-0.05, 0) is 48.6 Å². The minimum atomic E-state index is -0.575. The Morgan fingerprint density at radius 1 is 1.24 bits per heavy atom. The van der Waals surface area contributed by atoms with Crippen LogP contribution in [0.4, 0.5) is 10.1 Å². The molecule has 0 heterocycles. The van der Waals surface area contributed by atoms with Crippen LogP contribution in [-0.4, -0.2) is 5.97 Å². The number of esters is 1. The number of ether oxygens (including phenoxy) is 1. The summed E-state index contributed by atoms with van der Waals surface area (Å²) in [5.74, 6) is -1.08. The quantitative estimate of drug-likeness (QED) is 0.677. The van der Waals surface area contributed by atoms with Crippen molar-refractivity contribution in [2.45, 2.75) is 25.4 Å². The Bertz CT molecular complexity index is 684. The molecule has 0 spiro atoms. The van der Waals surface area contributed by atoms with E-state index in [1.54, 1.807) is 0 Å². The lowest BCUT2D eigenvalue weighted by Crippen LogP contribution is -2.17. The van der Waals surface area contributed by atoms with Crippen LogP contribution in [0.25, 0.3) is 0 Å². The molecule has 3 rings (SSSR count). The number of hydrogen-bond donors (Lipinski definition) is 1. The van der Waals surface area contributed by atoms with E-state index in [1.807, 2.05) is 24.3 Å². The number of aryl methyl sites for hydroxylation is 1. The molecule has 1 aliphatic rings. The zero-order valence-corrected chi connectivity index (χ0v) is 11.5. The second-order valence-electron chi connectivity index (χ2n) is 5.22. The summed E-state index contributed by atoms with van der Waals surface area (Å²) < 4.78 is 18.8. The molecule has 0 saturated carbocycles. The van der Waals surface area contributed by atoms with Crippen LogP contribution in [0.1, 0.15) is 40.4 Å². The number of halogens is 1. The summed E-state index contributed by atoms with van der Waals surface area (Å²) in [7, 11) is 0. The molecule has 0 fully saturated rings. The Balaban J connectivity index is 1.84. The van der Waals surface area contributed by atoms with Gasteiger partial charge in [-0.3, -0.25) is 0 Å². The summed E-state index contributed by atoms with van der Waals surface area (Å²) in [5, 5.41) is 0. The fourth-order valence-corrected chi connectivity index (χ4v) is 2.73. The molecule has 2 aromatic carbocycles. The van der Waals surface area contributed by atoms with Gasteiger partial charge in [-0.25, -0.2) is 9.18 Å². The van der Waals surface area contributed by atoms with Crippen molar-refractivity contribution in [3.8, 4) is 0 Å². The molecule has 1 atom stereocenters. The van der Waals surface area contributed by atoms with E-state index < -0.39 is 11.8 Å². The third kappa shape index (κ3) is 2.75. The minimum absolute atomic E-state index is 0.0815. The highest BCUT2D eigenvalue weighted by molar-refractivity contribution is 5.95. The first-order valence-corrected chi connectivity index (χ1v) is 6.99. The maximum absolute atomic E-state index is 13.3. The highest BCUT2D eigenvalue weighted by Crippen LogP contribution is 2.33. The van der Waals surface area contributed by atoms with Gasteiger partial charge in [-0.2, -0.15) is 0 Å². The van der Waals surface area contributed by atoms with Crippen molar-refractivity contribution < 1.29 is 13.9 Å². The molecule has 2 aromatic rings. The first-order valence-electron chi connectivity index (χ1n) is 6.99. The largest absolute Gasteiger partial charge is 0.454 e. The van der Waals surface area contributed by atoms with Crippen molar-refractivity contribution in [3.05, 3.63) is 65.0 Å². The van der Waals surface area contributed by atoms with Gasteiger partial charge in [0.2, 0.25) is 0 Å². The van der Waals surface area contributed by atoms with Crippen LogP contribution in [0, 0.1) is 5.82 Å². The number of fused-ring (bicyclic) bond motifs is 1. The van der Waals surface area contributed by atoms with Gasteiger partial charge in [0.25, 0.3) is 0 Å². The summed E-state index contributed by atoms with van der Waals surface area (Å²) in [6, 6.07) is 11.7. The maximum atomic E-state index is 13.3. The van der Waals surface area contributed by atoms with E-state index in [2.05, 4.69) is 0 Å². The van der Waals surface area contributed by atoms with Gasteiger partial charge in [0.05, 0.1) is 5.56 Å². The number of nitrogens with two attached hydrogens (primary N) is 1. The van der Waals surface area contributed by atoms with Gasteiger partial charge in [-0.1, -0.05) is 24.3 Å². The second-order valence-corrected chi connectivity index (χ2v) is 5.22. The lowest BCUT2D eigenvalue weighted by molar-refractivity contribution is 0.0257. The first kappa shape index (κ1) is 13.6.